The summed E-state index contributed by atoms with van der Waals surface area (Å²) in [5, 5.41) is 2.75. The van der Waals surface area contributed by atoms with E-state index >= 15 is 0 Å². The van der Waals surface area contributed by atoms with Crippen LogP contribution in [0.5, 0.6) is 0 Å². The first-order valence-corrected chi connectivity index (χ1v) is 6.48. The van der Waals surface area contributed by atoms with Crippen molar-refractivity contribution in [3.05, 3.63) is 35.6 Å². The van der Waals surface area contributed by atoms with Gasteiger partial charge in [-0.2, -0.15) is 0 Å². The highest BCUT2D eigenvalue weighted by molar-refractivity contribution is 5.85. The standard InChI is InChI=1S/C14H22FN3O2.2ClH/c1-18(9-11-3-5-12(15)6-4-11)8-7-17-14(19)13(16)10-20-2;;/h3-6,13H,7-10,16H2,1-2H3,(H,17,19);2*1H. The summed E-state index contributed by atoms with van der Waals surface area (Å²) in [6.07, 6.45) is 0. The lowest BCUT2D eigenvalue weighted by Gasteiger charge is -2.18. The van der Waals surface area contributed by atoms with Gasteiger partial charge in [-0.25, -0.2) is 4.39 Å². The number of likely N-dealkylation sites (N-methyl/N-ethyl adjacent to an activating group) is 1. The molecule has 3 N–H and O–H groups in total. The van der Waals surface area contributed by atoms with Gasteiger partial charge in [0.05, 0.1) is 6.61 Å². The van der Waals surface area contributed by atoms with Gasteiger partial charge in [0.15, 0.2) is 0 Å². The zero-order valence-electron chi connectivity index (χ0n) is 12.8. The Hall–Kier alpha value is -0.920. The van der Waals surface area contributed by atoms with Gasteiger partial charge in [-0.05, 0) is 24.7 Å². The van der Waals surface area contributed by atoms with E-state index in [9.17, 15) is 9.18 Å². The summed E-state index contributed by atoms with van der Waals surface area (Å²) in [4.78, 5) is 13.6. The maximum Gasteiger partial charge on any atom is 0.239 e. The number of carbonyl (C=O) groups is 1. The molecule has 5 nitrogen and oxygen atoms in total. The van der Waals surface area contributed by atoms with Crippen molar-refractivity contribution in [2.75, 3.05) is 33.9 Å². The Balaban J connectivity index is 0. The molecule has 128 valence electrons. The molecule has 0 aromatic heterocycles. The summed E-state index contributed by atoms with van der Waals surface area (Å²) >= 11 is 0. The van der Waals surface area contributed by atoms with Crippen molar-refractivity contribution in [3.8, 4) is 0 Å². The third-order valence-corrected chi connectivity index (χ3v) is 2.84. The van der Waals surface area contributed by atoms with E-state index in [2.05, 4.69) is 5.32 Å². The fourth-order valence-electron chi connectivity index (χ4n) is 1.74. The van der Waals surface area contributed by atoms with E-state index in [1.54, 1.807) is 12.1 Å². The lowest BCUT2D eigenvalue weighted by molar-refractivity contribution is -0.123. The van der Waals surface area contributed by atoms with Crippen molar-refractivity contribution < 1.29 is 13.9 Å². The molecule has 8 heteroatoms. The molecular formula is C14H24Cl2FN3O2. The minimum Gasteiger partial charge on any atom is -0.383 e. The average Bonchev–Trinajstić information content (AvgIpc) is 2.41. The minimum absolute atomic E-state index is 0. The molecule has 0 radical (unpaired) electrons. The fourth-order valence-corrected chi connectivity index (χ4v) is 1.74. The van der Waals surface area contributed by atoms with Crippen LogP contribution in [0.4, 0.5) is 4.39 Å². The Morgan fingerprint density at radius 2 is 1.95 bits per heavy atom. The number of hydrogen-bond donors (Lipinski definition) is 2. The molecule has 1 atom stereocenters. The van der Waals surface area contributed by atoms with E-state index in [1.807, 2.05) is 11.9 Å². The quantitative estimate of drug-likeness (QED) is 0.734. The van der Waals surface area contributed by atoms with Gasteiger partial charge in [-0.15, -0.1) is 24.8 Å². The minimum atomic E-state index is -0.637. The van der Waals surface area contributed by atoms with E-state index in [0.717, 1.165) is 5.56 Å². The van der Waals surface area contributed by atoms with Crippen LogP contribution < -0.4 is 11.1 Å². The van der Waals surface area contributed by atoms with Gasteiger partial charge < -0.3 is 20.7 Å². The molecule has 1 unspecified atom stereocenters. The number of nitrogens with one attached hydrogen (secondary N) is 1. The van der Waals surface area contributed by atoms with E-state index in [-0.39, 0.29) is 43.1 Å². The lowest BCUT2D eigenvalue weighted by Crippen LogP contribution is -2.45. The van der Waals surface area contributed by atoms with Gasteiger partial charge in [0.1, 0.15) is 11.9 Å². The topological polar surface area (TPSA) is 67.6 Å². The van der Waals surface area contributed by atoms with Gasteiger partial charge in [-0.1, -0.05) is 12.1 Å². The summed E-state index contributed by atoms with van der Waals surface area (Å²) in [6, 6.07) is 5.74. The molecular weight excluding hydrogens is 332 g/mol. The van der Waals surface area contributed by atoms with Crippen molar-refractivity contribution in [2.24, 2.45) is 5.73 Å². The maximum atomic E-state index is 12.8. The summed E-state index contributed by atoms with van der Waals surface area (Å²) in [7, 11) is 3.44. The summed E-state index contributed by atoms with van der Waals surface area (Å²) < 4.78 is 17.6. The molecule has 0 aliphatic carbocycles. The molecule has 1 aromatic rings. The number of halogens is 3. The molecule has 0 spiro atoms. The molecule has 0 heterocycles. The van der Waals surface area contributed by atoms with Crippen LogP contribution in [0, 0.1) is 5.82 Å². The fraction of sp³-hybridized carbons (Fsp3) is 0.500. The third kappa shape index (κ3) is 9.17. The number of nitrogens with zero attached hydrogens (tertiary/aromatic N) is 1. The molecule has 0 aliphatic heterocycles. The SMILES string of the molecule is COCC(N)C(=O)NCCN(C)Cc1ccc(F)cc1.Cl.Cl. The van der Waals surface area contributed by atoms with Crippen LogP contribution in [0.2, 0.25) is 0 Å². The molecule has 1 amide bonds. The number of methoxy groups -OCH3 is 1. The molecule has 0 fully saturated rings. The van der Waals surface area contributed by atoms with E-state index < -0.39 is 6.04 Å². The van der Waals surface area contributed by atoms with Crippen LogP contribution in [-0.2, 0) is 16.1 Å². The second-order valence-electron chi connectivity index (χ2n) is 4.72. The summed E-state index contributed by atoms with van der Waals surface area (Å²) in [6.45, 7) is 2.09. The lowest BCUT2D eigenvalue weighted by atomic mass is 10.2. The highest BCUT2D eigenvalue weighted by Crippen LogP contribution is 2.04. The van der Waals surface area contributed by atoms with Gasteiger partial charge >= 0.3 is 0 Å². The molecule has 22 heavy (non-hydrogen) atoms. The molecule has 0 aliphatic rings. The van der Waals surface area contributed by atoms with Crippen LogP contribution >= 0.6 is 24.8 Å². The number of carbonyl (C=O) groups excluding carboxylic acids is 1. The smallest absolute Gasteiger partial charge is 0.239 e. The highest BCUT2D eigenvalue weighted by atomic mass is 35.5. The average molecular weight is 356 g/mol. The van der Waals surface area contributed by atoms with Crippen molar-refractivity contribution in [1.29, 1.82) is 0 Å². The normalized spacial score (nSPS) is 11.3. The van der Waals surface area contributed by atoms with E-state index in [0.29, 0.717) is 19.6 Å². The van der Waals surface area contributed by atoms with Crippen molar-refractivity contribution in [3.63, 3.8) is 0 Å². The van der Waals surface area contributed by atoms with Gasteiger partial charge in [-0.3, -0.25) is 4.79 Å². The molecule has 0 saturated carbocycles. The second kappa shape index (κ2) is 12.6. The number of benzene rings is 1. The third-order valence-electron chi connectivity index (χ3n) is 2.84. The van der Waals surface area contributed by atoms with Crippen molar-refractivity contribution in [2.45, 2.75) is 12.6 Å². The predicted molar refractivity (Wildman–Crippen MR) is 90.1 cm³/mol. The summed E-state index contributed by atoms with van der Waals surface area (Å²) in [5.41, 5.74) is 6.62. The number of amides is 1. The Labute approximate surface area is 143 Å². The molecule has 1 aromatic carbocycles. The Kier molecular flexibility index (Phi) is 13.4. The summed E-state index contributed by atoms with van der Waals surface area (Å²) in [5.74, 6) is -0.460. The number of rotatable bonds is 8. The zero-order chi connectivity index (χ0) is 15.0. The first-order valence-electron chi connectivity index (χ1n) is 6.48. The highest BCUT2D eigenvalue weighted by Gasteiger charge is 2.12. The van der Waals surface area contributed by atoms with Gasteiger partial charge in [0.2, 0.25) is 5.91 Å². The Morgan fingerprint density at radius 1 is 1.36 bits per heavy atom. The maximum absolute atomic E-state index is 12.8. The van der Waals surface area contributed by atoms with Crippen LogP contribution in [0.1, 0.15) is 5.56 Å². The van der Waals surface area contributed by atoms with Gasteiger partial charge in [0, 0.05) is 26.7 Å². The first kappa shape index (κ1) is 23.3. The number of hydrogen-bond acceptors (Lipinski definition) is 4. The first-order chi connectivity index (χ1) is 9.52. The van der Waals surface area contributed by atoms with Crippen LogP contribution in [0.25, 0.3) is 0 Å². The molecule has 1 rings (SSSR count). The largest absolute Gasteiger partial charge is 0.383 e. The van der Waals surface area contributed by atoms with Crippen LogP contribution in [-0.4, -0.2) is 50.7 Å². The van der Waals surface area contributed by atoms with Crippen molar-refractivity contribution >= 4 is 30.7 Å². The predicted octanol–water partition coefficient (Wildman–Crippen LogP) is 1.19. The monoisotopic (exact) mass is 355 g/mol. The number of ether oxygens (including phenoxy) is 1. The van der Waals surface area contributed by atoms with Crippen molar-refractivity contribution in [1.82, 2.24) is 10.2 Å². The zero-order valence-corrected chi connectivity index (χ0v) is 14.4. The Morgan fingerprint density at radius 3 is 2.50 bits per heavy atom. The van der Waals surface area contributed by atoms with Crippen LogP contribution in [0.3, 0.4) is 0 Å². The van der Waals surface area contributed by atoms with E-state index in [4.69, 9.17) is 10.5 Å². The van der Waals surface area contributed by atoms with Crippen LogP contribution in [0.15, 0.2) is 24.3 Å². The molecule has 0 saturated heterocycles. The number of nitrogens with two attached hydrogens (primary N) is 1. The second-order valence-corrected chi connectivity index (χ2v) is 4.72. The van der Waals surface area contributed by atoms with Gasteiger partial charge in [0.25, 0.3) is 0 Å². The Bertz CT molecular complexity index is 421. The van der Waals surface area contributed by atoms with E-state index in [1.165, 1.54) is 19.2 Å². The molecule has 0 bridgehead atoms.